The molecule has 0 saturated heterocycles. The van der Waals surface area contributed by atoms with Crippen molar-refractivity contribution in [3.8, 4) is 0 Å². The van der Waals surface area contributed by atoms with Gasteiger partial charge in [-0.15, -0.1) is 0 Å². The smallest absolute Gasteiger partial charge is 0.309 e. The van der Waals surface area contributed by atoms with Crippen molar-refractivity contribution in [2.24, 2.45) is 29.1 Å². The maximum atomic E-state index is 12.6. The number of rotatable bonds is 3. The number of esters is 1. The Hall–Kier alpha value is -0.620. The third-order valence-electron chi connectivity index (χ3n) is 7.17. The topological polar surface area (TPSA) is 80.7 Å². The lowest BCUT2D eigenvalue weighted by molar-refractivity contribution is -0.184. The van der Waals surface area contributed by atoms with Crippen molar-refractivity contribution >= 4 is 16.1 Å². The van der Waals surface area contributed by atoms with Crippen molar-refractivity contribution < 1.29 is 22.5 Å². The maximum Gasteiger partial charge on any atom is 0.309 e. The third kappa shape index (κ3) is 3.00. The largest absolute Gasteiger partial charge is 0.462 e. The molecule has 0 heterocycles. The van der Waals surface area contributed by atoms with Crippen LogP contribution in [-0.4, -0.2) is 30.3 Å². The summed E-state index contributed by atoms with van der Waals surface area (Å²) in [6.07, 6.45) is 7.95. The average molecular weight is 356 g/mol. The normalized spacial score (nSPS) is 47.6. The lowest BCUT2D eigenvalue weighted by atomic mass is 9.49. The van der Waals surface area contributed by atoms with Gasteiger partial charge in [-0.05, 0) is 81.0 Å². The molecule has 136 valence electrons. The van der Waals surface area contributed by atoms with Crippen LogP contribution in [0.3, 0.4) is 0 Å². The quantitative estimate of drug-likeness (QED) is 0.620. The van der Waals surface area contributed by atoms with Crippen molar-refractivity contribution in [2.75, 3.05) is 0 Å². The van der Waals surface area contributed by atoms with E-state index in [-0.39, 0.29) is 18.0 Å². The molecule has 0 aliphatic heterocycles. The summed E-state index contributed by atoms with van der Waals surface area (Å²) in [6, 6.07) is 0. The lowest BCUT2D eigenvalue weighted by Gasteiger charge is -2.58. The van der Waals surface area contributed by atoms with E-state index < -0.39 is 15.4 Å². The van der Waals surface area contributed by atoms with Crippen molar-refractivity contribution in [3.63, 3.8) is 0 Å². The molecule has 0 aromatic carbocycles. The van der Waals surface area contributed by atoms with E-state index in [9.17, 15) is 13.2 Å². The molecule has 4 bridgehead atoms. The Bertz CT molecular complexity index is 603. The van der Waals surface area contributed by atoms with Crippen LogP contribution >= 0.6 is 0 Å². The maximum absolute atomic E-state index is 12.6. The first-order valence-electron chi connectivity index (χ1n) is 9.40. The summed E-state index contributed by atoms with van der Waals surface area (Å²) in [5, 5.41) is -0.706. The second-order valence-electron chi connectivity index (χ2n) is 9.17. The van der Waals surface area contributed by atoms with Crippen LogP contribution in [0.1, 0.15) is 64.7 Å². The van der Waals surface area contributed by atoms with Gasteiger partial charge in [0.25, 0.3) is 10.1 Å². The van der Waals surface area contributed by atoms with E-state index in [4.69, 9.17) is 9.29 Å². The van der Waals surface area contributed by atoms with E-state index in [0.717, 1.165) is 5.92 Å². The van der Waals surface area contributed by atoms with Gasteiger partial charge in [-0.1, -0.05) is 6.92 Å². The number of carbonyl (C=O) groups excluding carboxylic acids is 1. The molecule has 5 nitrogen and oxygen atoms in total. The highest BCUT2D eigenvalue weighted by Gasteiger charge is 2.55. The minimum absolute atomic E-state index is 0.0847. The van der Waals surface area contributed by atoms with E-state index in [2.05, 4.69) is 6.92 Å². The monoisotopic (exact) mass is 356 g/mol. The predicted molar refractivity (Wildman–Crippen MR) is 88.8 cm³/mol. The molecule has 0 radical (unpaired) electrons. The highest BCUT2D eigenvalue weighted by Crippen LogP contribution is 2.60. The molecule has 5 aliphatic rings. The van der Waals surface area contributed by atoms with Gasteiger partial charge in [0.15, 0.2) is 0 Å². The van der Waals surface area contributed by atoms with Crippen molar-refractivity contribution in [1.29, 1.82) is 0 Å². The molecule has 0 amide bonds. The molecule has 5 fully saturated rings. The molecule has 6 heteroatoms. The van der Waals surface area contributed by atoms with Gasteiger partial charge in [0.2, 0.25) is 0 Å². The van der Waals surface area contributed by atoms with E-state index in [1.54, 1.807) is 0 Å². The number of hydrogen-bond donors (Lipinski definition) is 1. The Kier molecular flexibility index (Phi) is 3.99. The van der Waals surface area contributed by atoms with Gasteiger partial charge >= 0.3 is 5.97 Å². The SMILES string of the molecule is CC12CC3CC(C1)C(OC(=O)C1CCC(S(=O)(=O)O)CC1)C(C3)C2. The van der Waals surface area contributed by atoms with E-state index in [1.807, 2.05) is 0 Å². The van der Waals surface area contributed by atoms with Crippen LogP contribution in [0, 0.1) is 29.1 Å². The van der Waals surface area contributed by atoms with Crippen LogP contribution in [0.4, 0.5) is 0 Å². The number of carbonyl (C=O) groups is 1. The van der Waals surface area contributed by atoms with E-state index in [1.165, 1.54) is 32.1 Å². The number of ether oxygens (including phenoxy) is 1. The second kappa shape index (κ2) is 5.70. The van der Waals surface area contributed by atoms with Gasteiger partial charge in [-0.25, -0.2) is 0 Å². The lowest BCUT2D eigenvalue weighted by Crippen LogP contribution is -2.54. The molecule has 5 aliphatic carbocycles. The molecule has 0 aromatic rings. The van der Waals surface area contributed by atoms with E-state index in [0.29, 0.717) is 42.9 Å². The van der Waals surface area contributed by atoms with Crippen LogP contribution in [0.5, 0.6) is 0 Å². The summed E-state index contributed by atoms with van der Waals surface area (Å²) in [5.74, 6) is 1.55. The van der Waals surface area contributed by atoms with Crippen LogP contribution in [0.15, 0.2) is 0 Å². The summed E-state index contributed by atoms with van der Waals surface area (Å²) in [4.78, 5) is 12.6. The van der Waals surface area contributed by atoms with Gasteiger partial charge in [0.1, 0.15) is 6.10 Å². The molecule has 1 N–H and O–H groups in total. The van der Waals surface area contributed by atoms with Gasteiger partial charge in [0.05, 0.1) is 11.2 Å². The summed E-state index contributed by atoms with van der Waals surface area (Å²) < 4.78 is 37.6. The average Bonchev–Trinajstić information content (AvgIpc) is 2.48. The Labute approximate surface area is 144 Å². The zero-order valence-corrected chi connectivity index (χ0v) is 15.1. The highest BCUT2D eigenvalue weighted by molar-refractivity contribution is 7.86. The van der Waals surface area contributed by atoms with Gasteiger partial charge in [-0.3, -0.25) is 9.35 Å². The van der Waals surface area contributed by atoms with Crippen LogP contribution < -0.4 is 0 Å². The summed E-state index contributed by atoms with van der Waals surface area (Å²) in [6.45, 7) is 2.40. The first kappa shape index (κ1) is 16.8. The molecular formula is C18H28O5S. The first-order chi connectivity index (χ1) is 11.2. The van der Waals surface area contributed by atoms with E-state index >= 15 is 0 Å². The second-order valence-corrected chi connectivity index (χ2v) is 10.9. The Morgan fingerprint density at radius 1 is 1.04 bits per heavy atom. The Morgan fingerprint density at radius 3 is 2.12 bits per heavy atom. The molecule has 2 atom stereocenters. The van der Waals surface area contributed by atoms with Crippen molar-refractivity contribution in [1.82, 2.24) is 0 Å². The standard InChI is InChI=1S/C18H28O5S/c1-18-8-11-6-13(9-18)16(14(7-11)10-18)23-17(19)12-2-4-15(5-3-12)24(20,21)22/h11-16H,2-10H2,1H3,(H,20,21,22). The minimum Gasteiger partial charge on any atom is -0.462 e. The summed E-state index contributed by atoms with van der Waals surface area (Å²) >= 11 is 0. The molecule has 5 rings (SSSR count). The van der Waals surface area contributed by atoms with Crippen molar-refractivity contribution in [3.05, 3.63) is 0 Å². The molecule has 0 spiro atoms. The first-order valence-corrected chi connectivity index (χ1v) is 10.9. The molecule has 5 saturated carbocycles. The molecule has 24 heavy (non-hydrogen) atoms. The van der Waals surface area contributed by atoms with Crippen molar-refractivity contribution in [2.45, 2.75) is 76.1 Å². The Morgan fingerprint density at radius 2 is 1.62 bits per heavy atom. The molecular weight excluding hydrogens is 328 g/mol. The van der Waals surface area contributed by atoms with Crippen LogP contribution in [0.25, 0.3) is 0 Å². The molecule has 2 unspecified atom stereocenters. The fraction of sp³-hybridized carbons (Fsp3) is 0.944. The van der Waals surface area contributed by atoms with Gasteiger partial charge < -0.3 is 4.74 Å². The summed E-state index contributed by atoms with van der Waals surface area (Å²) in [5.41, 5.74) is 0.465. The minimum atomic E-state index is -3.97. The molecule has 0 aromatic heterocycles. The highest BCUT2D eigenvalue weighted by atomic mass is 32.2. The van der Waals surface area contributed by atoms with Gasteiger partial charge in [-0.2, -0.15) is 8.42 Å². The predicted octanol–water partition coefficient (Wildman–Crippen LogP) is 3.19. The Balaban J connectivity index is 1.36. The van der Waals surface area contributed by atoms with Gasteiger partial charge in [0, 0.05) is 0 Å². The number of hydrogen-bond acceptors (Lipinski definition) is 4. The fourth-order valence-electron chi connectivity index (χ4n) is 6.40. The summed E-state index contributed by atoms with van der Waals surface area (Å²) in [7, 11) is -3.97. The van der Waals surface area contributed by atoms with Crippen LogP contribution in [-0.2, 0) is 19.6 Å². The van der Waals surface area contributed by atoms with Crippen LogP contribution in [0.2, 0.25) is 0 Å². The zero-order chi connectivity index (χ0) is 17.1. The fourth-order valence-corrected chi connectivity index (χ4v) is 7.27. The third-order valence-corrected chi connectivity index (χ3v) is 8.49. The zero-order valence-electron chi connectivity index (χ0n) is 14.3.